The van der Waals surface area contributed by atoms with Gasteiger partial charge in [-0.3, -0.25) is 4.79 Å². The number of rotatable bonds is 4. The van der Waals surface area contributed by atoms with Crippen LogP contribution in [0, 0.1) is 0 Å². The van der Waals surface area contributed by atoms with Gasteiger partial charge in [0, 0.05) is 0 Å². The second-order valence-electron chi connectivity index (χ2n) is 3.88. The molecule has 2 N–H and O–H groups in total. The number of ether oxygens (including phenoxy) is 1. The van der Waals surface area contributed by atoms with Crippen molar-refractivity contribution in [3.8, 4) is 11.5 Å². The Labute approximate surface area is 94.5 Å². The fourth-order valence-corrected chi connectivity index (χ4v) is 1.50. The molecule has 0 amide bonds. The lowest BCUT2D eigenvalue weighted by Gasteiger charge is -2.24. The van der Waals surface area contributed by atoms with E-state index in [-0.39, 0.29) is 5.75 Å². The van der Waals surface area contributed by atoms with Crippen molar-refractivity contribution >= 4 is 5.97 Å². The largest absolute Gasteiger partial charge is 0.504 e. The minimum absolute atomic E-state index is 0.00934. The van der Waals surface area contributed by atoms with Crippen LogP contribution in [-0.4, -0.2) is 23.3 Å². The summed E-state index contributed by atoms with van der Waals surface area (Å²) >= 11 is 0. The van der Waals surface area contributed by atoms with Gasteiger partial charge in [0.15, 0.2) is 11.5 Å². The van der Waals surface area contributed by atoms with E-state index in [0.717, 1.165) is 0 Å². The third kappa shape index (κ3) is 1.96. The monoisotopic (exact) mass is 224 g/mol. The quantitative estimate of drug-likeness (QED) is 0.822. The van der Waals surface area contributed by atoms with E-state index in [1.165, 1.54) is 13.2 Å². The highest BCUT2D eigenvalue weighted by atomic mass is 16.5. The first-order chi connectivity index (χ1) is 7.45. The number of phenols is 1. The molecule has 1 unspecified atom stereocenters. The number of methoxy groups -OCH3 is 1. The van der Waals surface area contributed by atoms with Crippen LogP contribution in [0.5, 0.6) is 11.5 Å². The summed E-state index contributed by atoms with van der Waals surface area (Å²) in [6, 6.07) is 4.62. The van der Waals surface area contributed by atoms with E-state index in [1.807, 2.05) is 6.92 Å². The van der Waals surface area contributed by atoms with Crippen LogP contribution >= 0.6 is 0 Å². The average Bonchev–Trinajstić information content (AvgIpc) is 2.28. The second kappa shape index (κ2) is 4.43. The highest BCUT2D eigenvalue weighted by molar-refractivity contribution is 5.81. The van der Waals surface area contributed by atoms with Gasteiger partial charge >= 0.3 is 5.97 Å². The number of phenolic OH excluding ortho intramolecular Hbond substituents is 1. The van der Waals surface area contributed by atoms with Crippen LogP contribution in [-0.2, 0) is 10.2 Å². The molecule has 4 heteroatoms. The summed E-state index contributed by atoms with van der Waals surface area (Å²) in [5.74, 6) is -0.587. The molecule has 0 heterocycles. The number of carboxylic acid groups (broad SMARTS) is 1. The SMILES string of the molecule is CCC(C)(C(=O)O)c1ccc(O)c(OC)c1. The molecule has 0 aromatic heterocycles. The van der Waals surface area contributed by atoms with Crippen molar-refractivity contribution in [2.24, 2.45) is 0 Å². The molecule has 16 heavy (non-hydrogen) atoms. The van der Waals surface area contributed by atoms with Crippen LogP contribution in [0.25, 0.3) is 0 Å². The molecule has 0 saturated carbocycles. The summed E-state index contributed by atoms with van der Waals surface area (Å²) in [6.45, 7) is 3.47. The van der Waals surface area contributed by atoms with E-state index in [4.69, 9.17) is 4.74 Å². The van der Waals surface area contributed by atoms with Crippen LogP contribution in [0.4, 0.5) is 0 Å². The Bertz CT molecular complexity index is 400. The molecule has 0 fully saturated rings. The summed E-state index contributed by atoms with van der Waals surface area (Å²) in [4.78, 5) is 11.2. The smallest absolute Gasteiger partial charge is 0.313 e. The number of hydrogen-bond donors (Lipinski definition) is 2. The lowest BCUT2D eigenvalue weighted by molar-refractivity contribution is -0.143. The van der Waals surface area contributed by atoms with Crippen LogP contribution in [0.15, 0.2) is 18.2 Å². The Balaban J connectivity index is 3.27. The summed E-state index contributed by atoms with van der Waals surface area (Å²) in [7, 11) is 1.43. The number of hydrogen-bond acceptors (Lipinski definition) is 3. The van der Waals surface area contributed by atoms with Crippen LogP contribution in [0.3, 0.4) is 0 Å². The first-order valence-corrected chi connectivity index (χ1v) is 5.06. The molecule has 88 valence electrons. The van der Waals surface area contributed by atoms with Crippen molar-refractivity contribution in [3.63, 3.8) is 0 Å². The second-order valence-corrected chi connectivity index (χ2v) is 3.88. The number of aromatic hydroxyl groups is 1. The molecule has 0 aliphatic carbocycles. The third-order valence-electron chi connectivity index (χ3n) is 3.00. The van der Waals surface area contributed by atoms with Gasteiger partial charge in [-0.05, 0) is 31.0 Å². The predicted octanol–water partition coefficient (Wildman–Crippen LogP) is 2.15. The molecule has 0 spiro atoms. The van der Waals surface area contributed by atoms with Crippen molar-refractivity contribution < 1.29 is 19.7 Å². The first-order valence-electron chi connectivity index (χ1n) is 5.06. The zero-order chi connectivity index (χ0) is 12.3. The van der Waals surface area contributed by atoms with Crippen LogP contribution < -0.4 is 4.74 Å². The third-order valence-corrected chi connectivity index (χ3v) is 3.00. The van der Waals surface area contributed by atoms with Gasteiger partial charge < -0.3 is 14.9 Å². The summed E-state index contributed by atoms with van der Waals surface area (Å²) < 4.78 is 4.96. The minimum Gasteiger partial charge on any atom is -0.504 e. The molecule has 0 radical (unpaired) electrons. The first kappa shape index (κ1) is 12.4. The summed E-state index contributed by atoms with van der Waals surface area (Å²) in [6.07, 6.45) is 0.469. The van der Waals surface area contributed by atoms with E-state index in [1.54, 1.807) is 19.1 Å². The molecular weight excluding hydrogens is 208 g/mol. The van der Waals surface area contributed by atoms with E-state index in [9.17, 15) is 15.0 Å². The number of carbonyl (C=O) groups is 1. The van der Waals surface area contributed by atoms with E-state index in [0.29, 0.717) is 17.7 Å². The predicted molar refractivity (Wildman–Crippen MR) is 59.9 cm³/mol. The molecular formula is C12H16O4. The van der Waals surface area contributed by atoms with Gasteiger partial charge in [-0.2, -0.15) is 0 Å². The molecule has 0 saturated heterocycles. The van der Waals surface area contributed by atoms with Gasteiger partial charge in [-0.25, -0.2) is 0 Å². The molecule has 0 aliphatic heterocycles. The van der Waals surface area contributed by atoms with Crippen molar-refractivity contribution in [2.75, 3.05) is 7.11 Å². The highest BCUT2D eigenvalue weighted by Gasteiger charge is 2.33. The normalized spacial score (nSPS) is 14.2. The fourth-order valence-electron chi connectivity index (χ4n) is 1.50. The Hall–Kier alpha value is -1.71. The molecule has 1 aromatic carbocycles. The van der Waals surface area contributed by atoms with Gasteiger partial charge in [0.05, 0.1) is 12.5 Å². The Morgan fingerprint density at radius 2 is 2.12 bits per heavy atom. The zero-order valence-corrected chi connectivity index (χ0v) is 9.65. The molecule has 0 bridgehead atoms. The molecule has 0 aliphatic rings. The van der Waals surface area contributed by atoms with Crippen LogP contribution in [0.2, 0.25) is 0 Å². The molecule has 1 rings (SSSR count). The maximum Gasteiger partial charge on any atom is 0.313 e. The van der Waals surface area contributed by atoms with Crippen molar-refractivity contribution in [1.82, 2.24) is 0 Å². The topological polar surface area (TPSA) is 66.8 Å². The Morgan fingerprint density at radius 3 is 2.56 bits per heavy atom. The van der Waals surface area contributed by atoms with Gasteiger partial charge in [0.2, 0.25) is 0 Å². The fraction of sp³-hybridized carbons (Fsp3) is 0.417. The summed E-state index contributed by atoms with van der Waals surface area (Å²) in [5, 5.41) is 18.7. The Kier molecular flexibility index (Phi) is 3.42. The Morgan fingerprint density at radius 1 is 1.50 bits per heavy atom. The van der Waals surface area contributed by atoms with Crippen LogP contribution in [0.1, 0.15) is 25.8 Å². The maximum atomic E-state index is 11.2. The average molecular weight is 224 g/mol. The zero-order valence-electron chi connectivity index (χ0n) is 9.65. The van der Waals surface area contributed by atoms with Gasteiger partial charge in [-0.15, -0.1) is 0 Å². The molecule has 1 aromatic rings. The van der Waals surface area contributed by atoms with E-state index < -0.39 is 11.4 Å². The van der Waals surface area contributed by atoms with Crippen molar-refractivity contribution in [3.05, 3.63) is 23.8 Å². The lowest BCUT2D eigenvalue weighted by atomic mass is 9.80. The number of benzene rings is 1. The van der Waals surface area contributed by atoms with Gasteiger partial charge in [-0.1, -0.05) is 13.0 Å². The van der Waals surface area contributed by atoms with E-state index in [2.05, 4.69) is 0 Å². The van der Waals surface area contributed by atoms with Gasteiger partial charge in [0.1, 0.15) is 0 Å². The van der Waals surface area contributed by atoms with Gasteiger partial charge in [0.25, 0.3) is 0 Å². The van der Waals surface area contributed by atoms with E-state index >= 15 is 0 Å². The minimum atomic E-state index is -0.957. The standard InChI is InChI=1S/C12H16O4/c1-4-12(2,11(14)15)8-5-6-9(13)10(7-8)16-3/h5-7,13H,4H2,1-3H3,(H,14,15). The molecule has 4 nitrogen and oxygen atoms in total. The van der Waals surface area contributed by atoms with Crippen molar-refractivity contribution in [2.45, 2.75) is 25.7 Å². The molecule has 1 atom stereocenters. The lowest BCUT2D eigenvalue weighted by Crippen LogP contribution is -2.31. The summed E-state index contributed by atoms with van der Waals surface area (Å²) in [5.41, 5.74) is -0.335. The number of aliphatic carboxylic acids is 1. The maximum absolute atomic E-state index is 11.2. The highest BCUT2D eigenvalue weighted by Crippen LogP contribution is 2.34. The van der Waals surface area contributed by atoms with Crippen molar-refractivity contribution in [1.29, 1.82) is 0 Å². The number of carboxylic acids is 1.